The molecule has 30 heavy (non-hydrogen) atoms. The van der Waals surface area contributed by atoms with E-state index in [1.165, 1.54) is 10.9 Å². The van der Waals surface area contributed by atoms with Crippen molar-refractivity contribution in [3.8, 4) is 17.6 Å². The monoisotopic (exact) mass is 390 g/mol. The zero-order chi connectivity index (χ0) is 20.4. The van der Waals surface area contributed by atoms with E-state index in [-0.39, 0.29) is 0 Å². The second kappa shape index (κ2) is 7.71. The van der Waals surface area contributed by atoms with Gasteiger partial charge in [-0.25, -0.2) is 0 Å². The van der Waals surface area contributed by atoms with Gasteiger partial charge in [0.2, 0.25) is 0 Å². The van der Waals surface area contributed by atoms with Gasteiger partial charge in [0, 0.05) is 16.7 Å². The number of methoxy groups -OCH3 is 1. The average Bonchev–Trinajstić information content (AvgIpc) is 2.82. The molecule has 4 aromatic carbocycles. The Hall–Kier alpha value is -3.54. The number of hydrogen-bond acceptors (Lipinski definition) is 2. The van der Waals surface area contributed by atoms with Crippen molar-refractivity contribution in [3.63, 3.8) is 0 Å². The molecule has 0 fully saturated rings. The van der Waals surface area contributed by atoms with Gasteiger partial charge in [-0.2, -0.15) is 0 Å². The molecule has 0 aliphatic carbocycles. The molecule has 4 aromatic rings. The van der Waals surface area contributed by atoms with E-state index in [9.17, 15) is 0 Å². The summed E-state index contributed by atoms with van der Waals surface area (Å²) in [7, 11) is 1.67. The highest BCUT2D eigenvalue weighted by molar-refractivity contribution is 5.87. The molecule has 1 atom stereocenters. The summed E-state index contributed by atoms with van der Waals surface area (Å²) in [5.41, 5.74) is 3.59. The first-order chi connectivity index (χ1) is 14.8. The summed E-state index contributed by atoms with van der Waals surface area (Å²) in [6.07, 6.45) is 0.892. The molecule has 5 rings (SSSR count). The van der Waals surface area contributed by atoms with Crippen LogP contribution in [0.25, 0.3) is 10.8 Å². The number of hydrogen-bond donors (Lipinski definition) is 0. The average molecular weight is 390 g/mol. The van der Waals surface area contributed by atoms with Gasteiger partial charge in [0.25, 0.3) is 0 Å². The maximum Gasteiger partial charge on any atom is 0.180 e. The van der Waals surface area contributed by atoms with E-state index < -0.39 is 5.60 Å². The predicted octanol–water partition coefficient (Wildman–Crippen LogP) is 5.72. The first-order valence-corrected chi connectivity index (χ1v) is 10.2. The van der Waals surface area contributed by atoms with E-state index in [1.807, 2.05) is 24.3 Å². The first-order valence-electron chi connectivity index (χ1n) is 10.2. The molecule has 0 amide bonds. The van der Waals surface area contributed by atoms with Crippen molar-refractivity contribution >= 4 is 10.8 Å². The molecule has 2 heteroatoms. The van der Waals surface area contributed by atoms with E-state index in [2.05, 4.69) is 78.6 Å². The SMILES string of the molecule is COc1cccc(C#C[C@]2(c3cccc4ccccc34)OCCc3ccccc32)c1. The fourth-order valence-electron chi connectivity index (χ4n) is 4.26. The van der Waals surface area contributed by atoms with E-state index >= 15 is 0 Å². The Morgan fingerprint density at radius 1 is 0.833 bits per heavy atom. The van der Waals surface area contributed by atoms with Crippen LogP contribution >= 0.6 is 0 Å². The molecule has 0 aromatic heterocycles. The van der Waals surface area contributed by atoms with Gasteiger partial charge in [-0.3, -0.25) is 0 Å². The second-order valence-corrected chi connectivity index (χ2v) is 7.45. The van der Waals surface area contributed by atoms with Crippen molar-refractivity contribution in [3.05, 3.63) is 113 Å². The first kappa shape index (κ1) is 18.5. The van der Waals surface area contributed by atoms with Crippen molar-refractivity contribution in [1.82, 2.24) is 0 Å². The Balaban J connectivity index is 1.78. The number of fused-ring (bicyclic) bond motifs is 2. The summed E-state index contributed by atoms with van der Waals surface area (Å²) in [5, 5.41) is 2.35. The molecule has 0 saturated heterocycles. The van der Waals surface area contributed by atoms with Crippen LogP contribution < -0.4 is 4.74 Å². The maximum atomic E-state index is 6.56. The molecule has 0 N–H and O–H groups in total. The van der Waals surface area contributed by atoms with Crippen molar-refractivity contribution in [1.29, 1.82) is 0 Å². The van der Waals surface area contributed by atoms with Gasteiger partial charge in [-0.05, 0) is 41.0 Å². The molecule has 146 valence electrons. The quantitative estimate of drug-likeness (QED) is 0.408. The van der Waals surface area contributed by atoms with Crippen LogP contribution in [0, 0.1) is 11.8 Å². The largest absolute Gasteiger partial charge is 0.497 e. The lowest BCUT2D eigenvalue weighted by Crippen LogP contribution is -2.35. The predicted molar refractivity (Wildman–Crippen MR) is 121 cm³/mol. The molecule has 1 heterocycles. The fourth-order valence-corrected chi connectivity index (χ4v) is 4.26. The summed E-state index contributed by atoms with van der Waals surface area (Å²) in [6.45, 7) is 0.632. The Morgan fingerprint density at radius 2 is 1.60 bits per heavy atom. The maximum absolute atomic E-state index is 6.56. The van der Waals surface area contributed by atoms with E-state index in [0.29, 0.717) is 6.61 Å². The van der Waals surface area contributed by atoms with Gasteiger partial charge in [-0.15, -0.1) is 0 Å². The van der Waals surface area contributed by atoms with Gasteiger partial charge in [0.05, 0.1) is 13.7 Å². The van der Waals surface area contributed by atoms with Gasteiger partial charge >= 0.3 is 0 Å². The minimum Gasteiger partial charge on any atom is -0.497 e. The molecule has 1 aliphatic heterocycles. The van der Waals surface area contributed by atoms with Crippen LogP contribution in [0.5, 0.6) is 5.75 Å². The zero-order valence-electron chi connectivity index (χ0n) is 16.9. The lowest BCUT2D eigenvalue weighted by Gasteiger charge is -2.36. The van der Waals surface area contributed by atoms with Crippen LogP contribution in [0.4, 0.5) is 0 Å². The van der Waals surface area contributed by atoms with E-state index in [4.69, 9.17) is 9.47 Å². The minimum atomic E-state index is -0.821. The van der Waals surface area contributed by atoms with Gasteiger partial charge < -0.3 is 9.47 Å². The van der Waals surface area contributed by atoms with E-state index in [0.717, 1.165) is 34.2 Å². The lowest BCUT2D eigenvalue weighted by molar-refractivity contribution is 0.0171. The highest BCUT2D eigenvalue weighted by Gasteiger charge is 2.39. The van der Waals surface area contributed by atoms with Crippen molar-refractivity contribution < 1.29 is 9.47 Å². The summed E-state index contributed by atoms with van der Waals surface area (Å²) in [4.78, 5) is 0. The summed E-state index contributed by atoms with van der Waals surface area (Å²) in [6, 6.07) is 31.1. The molecule has 2 nitrogen and oxygen atoms in total. The zero-order valence-corrected chi connectivity index (χ0v) is 16.9. The van der Waals surface area contributed by atoms with Crippen LogP contribution in [-0.2, 0) is 16.8 Å². The van der Waals surface area contributed by atoms with Crippen LogP contribution in [0.15, 0.2) is 91.0 Å². The molecule has 0 bridgehead atoms. The Bertz CT molecular complexity index is 1270. The van der Waals surface area contributed by atoms with Gasteiger partial charge in [0.15, 0.2) is 5.60 Å². The topological polar surface area (TPSA) is 18.5 Å². The third kappa shape index (κ3) is 3.14. The van der Waals surface area contributed by atoms with Crippen LogP contribution in [0.2, 0.25) is 0 Å². The standard InChI is InChI=1S/C28H22O2/c1-29-24-12-6-8-21(20-24)16-18-28(26-14-5-3-10-23(26)17-19-30-28)27-15-7-11-22-9-2-4-13-25(22)27/h2-15,20H,17,19H2,1H3/t28-/m0/s1. The highest BCUT2D eigenvalue weighted by atomic mass is 16.5. The normalized spacial score (nSPS) is 17.6. The highest BCUT2D eigenvalue weighted by Crippen LogP contribution is 2.41. The number of rotatable bonds is 2. The Kier molecular flexibility index (Phi) is 4.75. The molecular formula is C28H22O2. The molecule has 0 unspecified atom stereocenters. The third-order valence-corrected chi connectivity index (χ3v) is 5.71. The van der Waals surface area contributed by atoms with Crippen molar-refractivity contribution in [2.75, 3.05) is 13.7 Å². The van der Waals surface area contributed by atoms with Crippen LogP contribution in [0.3, 0.4) is 0 Å². The van der Waals surface area contributed by atoms with Crippen molar-refractivity contribution in [2.45, 2.75) is 12.0 Å². The van der Waals surface area contributed by atoms with Crippen LogP contribution in [0.1, 0.15) is 22.3 Å². The third-order valence-electron chi connectivity index (χ3n) is 5.71. The Morgan fingerprint density at radius 3 is 2.53 bits per heavy atom. The summed E-state index contributed by atoms with van der Waals surface area (Å²) in [5.74, 6) is 7.72. The van der Waals surface area contributed by atoms with Gasteiger partial charge in [0.1, 0.15) is 5.75 Å². The smallest absolute Gasteiger partial charge is 0.180 e. The molecule has 1 aliphatic rings. The van der Waals surface area contributed by atoms with Gasteiger partial charge in [-0.1, -0.05) is 84.6 Å². The van der Waals surface area contributed by atoms with Crippen molar-refractivity contribution in [2.24, 2.45) is 0 Å². The summed E-state index contributed by atoms with van der Waals surface area (Å²) >= 11 is 0. The number of benzene rings is 4. The molecular weight excluding hydrogens is 368 g/mol. The van der Waals surface area contributed by atoms with E-state index in [1.54, 1.807) is 7.11 Å². The second-order valence-electron chi connectivity index (χ2n) is 7.45. The lowest BCUT2D eigenvalue weighted by atomic mass is 9.79. The molecule has 0 saturated carbocycles. The van der Waals surface area contributed by atoms with Crippen LogP contribution in [-0.4, -0.2) is 13.7 Å². The fraction of sp³-hybridized carbons (Fsp3) is 0.143. The summed E-state index contributed by atoms with van der Waals surface area (Å²) < 4.78 is 11.9. The minimum absolute atomic E-state index is 0.632. The Labute approximate surface area is 177 Å². The molecule has 0 radical (unpaired) electrons. The molecule has 0 spiro atoms. The number of ether oxygens (including phenoxy) is 2.